The summed E-state index contributed by atoms with van der Waals surface area (Å²) in [6.45, 7) is 1.76. The zero-order chi connectivity index (χ0) is 17.4. The minimum absolute atomic E-state index is 0. The molecule has 0 saturated heterocycles. The van der Waals surface area contributed by atoms with Crippen molar-refractivity contribution < 1.29 is 18.7 Å². The number of amides is 1. The van der Waals surface area contributed by atoms with Crippen molar-refractivity contribution in [2.75, 3.05) is 14.2 Å². The van der Waals surface area contributed by atoms with Gasteiger partial charge in [-0.3, -0.25) is 4.79 Å². The molecule has 5 unspecified atom stereocenters. The minimum atomic E-state index is -0.469. The molecule has 1 amide bonds. The van der Waals surface area contributed by atoms with Crippen LogP contribution < -0.4 is 20.5 Å². The van der Waals surface area contributed by atoms with E-state index in [1.165, 1.54) is 20.3 Å². The highest BCUT2D eigenvalue weighted by atomic mass is 35.5. The average molecular weight is 373 g/mol. The van der Waals surface area contributed by atoms with Crippen molar-refractivity contribution in [3.05, 3.63) is 23.5 Å². The number of halogens is 2. The second-order valence-corrected chi connectivity index (χ2v) is 6.90. The molecule has 2 saturated carbocycles. The number of ether oxygens (including phenoxy) is 2. The number of benzene rings is 1. The molecule has 0 heterocycles. The third-order valence-corrected chi connectivity index (χ3v) is 5.61. The first kappa shape index (κ1) is 19.8. The number of hydrogen-bond donors (Lipinski definition) is 2. The van der Waals surface area contributed by atoms with E-state index in [4.69, 9.17) is 15.2 Å². The Bertz CT molecular complexity index is 641. The van der Waals surface area contributed by atoms with Crippen molar-refractivity contribution in [2.24, 2.45) is 23.5 Å². The van der Waals surface area contributed by atoms with Crippen molar-refractivity contribution in [1.29, 1.82) is 0 Å². The zero-order valence-corrected chi connectivity index (χ0v) is 15.6. The summed E-state index contributed by atoms with van der Waals surface area (Å²) in [4.78, 5) is 12.6. The number of nitrogens with one attached hydrogen (secondary N) is 1. The number of rotatable bonds is 5. The van der Waals surface area contributed by atoms with Gasteiger partial charge >= 0.3 is 0 Å². The molecule has 2 fully saturated rings. The van der Waals surface area contributed by atoms with Crippen LogP contribution in [0.15, 0.2) is 12.1 Å². The summed E-state index contributed by atoms with van der Waals surface area (Å²) >= 11 is 0. The van der Waals surface area contributed by atoms with Crippen LogP contribution in [-0.2, 0) is 4.79 Å². The minimum Gasteiger partial charge on any atom is -0.493 e. The molecule has 0 radical (unpaired) electrons. The molecule has 2 aliphatic rings. The number of carbonyl (C=O) groups is 1. The quantitative estimate of drug-likeness (QED) is 0.833. The van der Waals surface area contributed by atoms with Gasteiger partial charge in [-0.25, -0.2) is 4.39 Å². The molecule has 1 aromatic rings. The molecule has 3 N–H and O–H groups in total. The molecule has 25 heavy (non-hydrogen) atoms. The Hall–Kier alpha value is -1.53. The van der Waals surface area contributed by atoms with Crippen LogP contribution in [0.1, 0.15) is 37.8 Å². The van der Waals surface area contributed by atoms with Gasteiger partial charge in [-0.05, 0) is 44.1 Å². The van der Waals surface area contributed by atoms with Crippen LogP contribution in [0.2, 0.25) is 0 Å². The van der Waals surface area contributed by atoms with Crippen LogP contribution in [0.3, 0.4) is 0 Å². The molecule has 7 heteroatoms. The van der Waals surface area contributed by atoms with Gasteiger partial charge in [0.1, 0.15) is 5.82 Å². The molecule has 0 spiro atoms. The number of nitrogens with two attached hydrogens (primary N) is 1. The Morgan fingerprint density at radius 1 is 1.24 bits per heavy atom. The average Bonchev–Trinajstić information content (AvgIpc) is 3.15. The molecular weight excluding hydrogens is 347 g/mol. The molecular formula is C18H26ClFN2O3. The van der Waals surface area contributed by atoms with Crippen LogP contribution in [0.4, 0.5) is 4.39 Å². The number of hydrogen-bond acceptors (Lipinski definition) is 4. The SMILES string of the molecule is COc1cc(F)c(C(C)NC(=O)C2C3CCC(C3)C2N)cc1OC.Cl. The van der Waals surface area contributed by atoms with Crippen LogP contribution in [0, 0.1) is 23.6 Å². The summed E-state index contributed by atoms with van der Waals surface area (Å²) in [6, 6.07) is 2.30. The maximum absolute atomic E-state index is 14.3. The van der Waals surface area contributed by atoms with Crippen molar-refractivity contribution in [3.8, 4) is 11.5 Å². The fraction of sp³-hybridized carbons (Fsp3) is 0.611. The summed E-state index contributed by atoms with van der Waals surface area (Å²) in [5, 5.41) is 2.93. The molecule has 140 valence electrons. The van der Waals surface area contributed by atoms with E-state index >= 15 is 0 Å². The fourth-order valence-electron chi connectivity index (χ4n) is 4.31. The summed E-state index contributed by atoms with van der Waals surface area (Å²) in [7, 11) is 2.95. The van der Waals surface area contributed by atoms with E-state index in [2.05, 4.69) is 5.32 Å². The lowest BCUT2D eigenvalue weighted by atomic mass is 9.84. The maximum atomic E-state index is 14.3. The molecule has 5 nitrogen and oxygen atoms in total. The van der Waals surface area contributed by atoms with Gasteiger partial charge in [-0.1, -0.05) is 0 Å². The molecule has 3 rings (SSSR count). The van der Waals surface area contributed by atoms with E-state index < -0.39 is 11.9 Å². The lowest BCUT2D eigenvalue weighted by Crippen LogP contribution is -2.45. The smallest absolute Gasteiger partial charge is 0.225 e. The standard InChI is InChI=1S/C18H25FN2O3.ClH/c1-9(12-7-14(23-2)15(24-3)8-13(12)19)21-18(22)16-10-4-5-11(6-10)17(16)20;/h7-11,16-17H,4-6,20H2,1-3H3,(H,21,22);1H. The van der Waals surface area contributed by atoms with Gasteiger partial charge < -0.3 is 20.5 Å². The lowest BCUT2D eigenvalue weighted by Gasteiger charge is -2.28. The highest BCUT2D eigenvalue weighted by Crippen LogP contribution is 2.47. The molecule has 0 aromatic heterocycles. The molecule has 0 aliphatic heterocycles. The highest BCUT2D eigenvalue weighted by molar-refractivity contribution is 5.85. The van der Waals surface area contributed by atoms with Crippen LogP contribution >= 0.6 is 12.4 Å². The normalized spacial score (nSPS) is 28.2. The first-order chi connectivity index (χ1) is 11.5. The Morgan fingerprint density at radius 3 is 2.40 bits per heavy atom. The molecule has 1 aromatic carbocycles. The maximum Gasteiger partial charge on any atom is 0.225 e. The summed E-state index contributed by atoms with van der Waals surface area (Å²) < 4.78 is 24.7. The Kier molecular flexibility index (Phi) is 6.16. The van der Waals surface area contributed by atoms with Crippen LogP contribution in [0.5, 0.6) is 11.5 Å². The summed E-state index contributed by atoms with van der Waals surface area (Å²) in [6.07, 6.45) is 3.23. The van der Waals surface area contributed by atoms with Crippen molar-refractivity contribution in [1.82, 2.24) is 5.32 Å². The number of carbonyl (C=O) groups excluding carboxylic acids is 1. The third kappa shape index (κ3) is 3.55. The Balaban J connectivity index is 0.00000225. The Labute approximate surface area is 153 Å². The van der Waals surface area contributed by atoms with Gasteiger partial charge in [0.2, 0.25) is 5.91 Å². The predicted molar refractivity (Wildman–Crippen MR) is 95.6 cm³/mol. The van der Waals surface area contributed by atoms with Gasteiger partial charge in [0, 0.05) is 17.7 Å². The fourth-order valence-corrected chi connectivity index (χ4v) is 4.31. The van der Waals surface area contributed by atoms with Crippen molar-refractivity contribution in [2.45, 2.75) is 38.3 Å². The van der Waals surface area contributed by atoms with Crippen molar-refractivity contribution >= 4 is 18.3 Å². The van der Waals surface area contributed by atoms with E-state index in [0.29, 0.717) is 28.9 Å². The van der Waals surface area contributed by atoms with Crippen LogP contribution in [0.25, 0.3) is 0 Å². The van der Waals surface area contributed by atoms with Gasteiger partial charge in [0.05, 0.1) is 26.2 Å². The van der Waals surface area contributed by atoms with E-state index in [-0.39, 0.29) is 30.3 Å². The van der Waals surface area contributed by atoms with Gasteiger partial charge in [-0.2, -0.15) is 0 Å². The van der Waals surface area contributed by atoms with Gasteiger partial charge in [-0.15, -0.1) is 12.4 Å². The molecule has 5 atom stereocenters. The van der Waals surface area contributed by atoms with Gasteiger partial charge in [0.25, 0.3) is 0 Å². The van der Waals surface area contributed by atoms with E-state index in [1.807, 2.05) is 0 Å². The zero-order valence-electron chi connectivity index (χ0n) is 14.8. The van der Waals surface area contributed by atoms with Crippen LogP contribution in [-0.4, -0.2) is 26.2 Å². The second kappa shape index (κ2) is 7.79. The number of methoxy groups -OCH3 is 2. The lowest BCUT2D eigenvalue weighted by molar-refractivity contribution is -0.127. The Morgan fingerprint density at radius 2 is 1.84 bits per heavy atom. The monoisotopic (exact) mass is 372 g/mol. The first-order valence-corrected chi connectivity index (χ1v) is 8.43. The first-order valence-electron chi connectivity index (χ1n) is 8.43. The van der Waals surface area contributed by atoms with E-state index in [1.54, 1.807) is 13.0 Å². The van der Waals surface area contributed by atoms with Gasteiger partial charge in [0.15, 0.2) is 11.5 Å². The molecule has 2 bridgehead atoms. The largest absolute Gasteiger partial charge is 0.493 e. The summed E-state index contributed by atoms with van der Waals surface area (Å²) in [5.41, 5.74) is 6.59. The predicted octanol–water partition coefficient (Wildman–Crippen LogP) is 2.82. The summed E-state index contributed by atoms with van der Waals surface area (Å²) in [5.74, 6) is 0.925. The molecule has 2 aliphatic carbocycles. The van der Waals surface area contributed by atoms with E-state index in [0.717, 1.165) is 19.3 Å². The highest BCUT2D eigenvalue weighted by Gasteiger charge is 2.49. The van der Waals surface area contributed by atoms with E-state index in [9.17, 15) is 9.18 Å². The van der Waals surface area contributed by atoms with Crippen molar-refractivity contribution in [3.63, 3.8) is 0 Å². The second-order valence-electron chi connectivity index (χ2n) is 6.90. The third-order valence-electron chi connectivity index (χ3n) is 5.61. The topological polar surface area (TPSA) is 73.6 Å². The number of fused-ring (bicyclic) bond motifs is 2.